The van der Waals surface area contributed by atoms with E-state index in [-0.39, 0.29) is 6.61 Å². The zero-order valence-electron chi connectivity index (χ0n) is 11.9. The number of benzene rings is 2. The van der Waals surface area contributed by atoms with Crippen molar-refractivity contribution in [3.63, 3.8) is 0 Å². The second-order valence-electron chi connectivity index (χ2n) is 4.71. The van der Waals surface area contributed by atoms with E-state index in [0.717, 1.165) is 21.3 Å². The van der Waals surface area contributed by atoms with Crippen LogP contribution in [0.25, 0.3) is 22.6 Å². The van der Waals surface area contributed by atoms with Gasteiger partial charge in [-0.2, -0.15) is 0 Å². The van der Waals surface area contributed by atoms with Crippen molar-refractivity contribution in [1.29, 1.82) is 0 Å². The average molecular weight is 360 g/mol. The minimum Gasteiger partial charge on any atom is -0.497 e. The van der Waals surface area contributed by atoms with Gasteiger partial charge in [-0.1, -0.05) is 45.4 Å². The molecule has 1 aromatic heterocycles. The quantitative estimate of drug-likeness (QED) is 0.755. The van der Waals surface area contributed by atoms with Crippen molar-refractivity contribution >= 4 is 15.9 Å². The number of aliphatic hydroxyl groups is 1. The van der Waals surface area contributed by atoms with Gasteiger partial charge in [0.2, 0.25) is 0 Å². The van der Waals surface area contributed by atoms with E-state index in [9.17, 15) is 5.11 Å². The van der Waals surface area contributed by atoms with Crippen LogP contribution in [-0.2, 0) is 6.61 Å². The molecule has 1 heterocycles. The Kier molecular flexibility index (Phi) is 4.27. The molecule has 0 radical (unpaired) electrons. The van der Waals surface area contributed by atoms with Gasteiger partial charge in [0.05, 0.1) is 19.3 Å². The summed E-state index contributed by atoms with van der Waals surface area (Å²) in [6.07, 6.45) is 0. The lowest BCUT2D eigenvalue weighted by molar-refractivity contribution is 0.281. The van der Waals surface area contributed by atoms with Gasteiger partial charge in [-0.05, 0) is 24.3 Å². The first-order valence-corrected chi connectivity index (χ1v) is 7.52. The molecule has 0 unspecified atom stereocenters. The summed E-state index contributed by atoms with van der Waals surface area (Å²) in [7, 11) is 1.61. The summed E-state index contributed by atoms with van der Waals surface area (Å²) in [6.45, 7) is -0.160. The highest BCUT2D eigenvalue weighted by atomic mass is 79.9. The number of halogens is 1. The molecule has 0 saturated heterocycles. The summed E-state index contributed by atoms with van der Waals surface area (Å²) in [5.74, 6) is 1.29. The van der Waals surface area contributed by atoms with Gasteiger partial charge in [0, 0.05) is 15.6 Å². The highest BCUT2D eigenvalue weighted by Gasteiger charge is 2.20. The lowest BCUT2D eigenvalue weighted by atomic mass is 10.0. The van der Waals surface area contributed by atoms with E-state index in [4.69, 9.17) is 9.26 Å². The summed E-state index contributed by atoms with van der Waals surface area (Å²) >= 11 is 3.50. The zero-order valence-corrected chi connectivity index (χ0v) is 13.5. The highest BCUT2D eigenvalue weighted by Crippen LogP contribution is 2.36. The Hall–Kier alpha value is -2.11. The topological polar surface area (TPSA) is 55.5 Å². The summed E-state index contributed by atoms with van der Waals surface area (Å²) < 4.78 is 11.6. The van der Waals surface area contributed by atoms with Crippen LogP contribution in [0.15, 0.2) is 57.5 Å². The maximum absolute atomic E-state index is 9.78. The smallest absolute Gasteiger partial charge is 0.174 e. The lowest BCUT2D eigenvalue weighted by Gasteiger charge is -2.04. The van der Waals surface area contributed by atoms with E-state index in [1.165, 1.54) is 0 Å². The molecule has 0 saturated carbocycles. The summed E-state index contributed by atoms with van der Waals surface area (Å²) in [6, 6.07) is 15.2. The lowest BCUT2D eigenvalue weighted by Crippen LogP contribution is -1.90. The van der Waals surface area contributed by atoms with Crippen molar-refractivity contribution in [2.45, 2.75) is 6.61 Å². The molecule has 3 rings (SSSR count). The Morgan fingerprint density at radius 1 is 1.18 bits per heavy atom. The maximum atomic E-state index is 9.78. The minimum atomic E-state index is -0.160. The molecule has 2 aromatic carbocycles. The largest absolute Gasteiger partial charge is 0.497 e. The van der Waals surface area contributed by atoms with E-state index in [1.54, 1.807) is 7.11 Å². The molecule has 0 aliphatic rings. The third-order valence-electron chi connectivity index (χ3n) is 3.41. The van der Waals surface area contributed by atoms with Crippen LogP contribution in [0.1, 0.15) is 5.56 Å². The van der Waals surface area contributed by atoms with E-state index < -0.39 is 0 Å². The van der Waals surface area contributed by atoms with E-state index in [0.29, 0.717) is 17.0 Å². The first-order valence-electron chi connectivity index (χ1n) is 6.73. The molecular weight excluding hydrogens is 346 g/mol. The van der Waals surface area contributed by atoms with E-state index in [2.05, 4.69) is 21.1 Å². The summed E-state index contributed by atoms with van der Waals surface area (Å²) in [4.78, 5) is 0. The molecule has 0 bridgehead atoms. The number of ether oxygens (including phenoxy) is 1. The second kappa shape index (κ2) is 6.34. The predicted molar refractivity (Wildman–Crippen MR) is 87.5 cm³/mol. The molecule has 5 heteroatoms. The van der Waals surface area contributed by atoms with Crippen LogP contribution in [0, 0.1) is 0 Å². The second-order valence-corrected chi connectivity index (χ2v) is 5.56. The van der Waals surface area contributed by atoms with Gasteiger partial charge in [-0.3, -0.25) is 0 Å². The normalized spacial score (nSPS) is 10.7. The Balaban J connectivity index is 2.13. The number of hydrogen-bond donors (Lipinski definition) is 1. The maximum Gasteiger partial charge on any atom is 0.174 e. The van der Waals surface area contributed by atoms with E-state index >= 15 is 0 Å². The SMILES string of the molecule is COc1cccc(-c2noc(-c3ccccc3Br)c2CO)c1. The van der Waals surface area contributed by atoms with Crippen molar-refractivity contribution in [2.24, 2.45) is 0 Å². The van der Waals surface area contributed by atoms with Crippen molar-refractivity contribution in [1.82, 2.24) is 5.16 Å². The van der Waals surface area contributed by atoms with Crippen molar-refractivity contribution < 1.29 is 14.4 Å². The van der Waals surface area contributed by atoms with Crippen LogP contribution in [0.4, 0.5) is 0 Å². The van der Waals surface area contributed by atoms with Gasteiger partial charge >= 0.3 is 0 Å². The van der Waals surface area contributed by atoms with Crippen LogP contribution in [0.3, 0.4) is 0 Å². The first kappa shape index (κ1) is 14.8. The van der Waals surface area contributed by atoms with Crippen LogP contribution in [-0.4, -0.2) is 17.4 Å². The Bertz CT molecular complexity index is 798. The molecule has 22 heavy (non-hydrogen) atoms. The predicted octanol–water partition coefficient (Wildman–Crippen LogP) is 4.27. The Morgan fingerprint density at radius 2 is 2.00 bits per heavy atom. The van der Waals surface area contributed by atoms with Gasteiger partial charge < -0.3 is 14.4 Å². The third-order valence-corrected chi connectivity index (χ3v) is 4.10. The summed E-state index contributed by atoms with van der Waals surface area (Å²) in [5.41, 5.74) is 2.96. The zero-order chi connectivity index (χ0) is 15.5. The van der Waals surface area contributed by atoms with Crippen LogP contribution in [0.5, 0.6) is 5.75 Å². The number of methoxy groups -OCH3 is 1. The molecule has 4 nitrogen and oxygen atoms in total. The molecule has 0 fully saturated rings. The number of hydrogen-bond acceptors (Lipinski definition) is 4. The van der Waals surface area contributed by atoms with Gasteiger partial charge in [0.25, 0.3) is 0 Å². The highest BCUT2D eigenvalue weighted by molar-refractivity contribution is 9.10. The molecule has 1 N–H and O–H groups in total. The molecule has 0 atom stereocenters. The molecular formula is C17H14BrNO3. The number of aromatic nitrogens is 1. The number of nitrogens with zero attached hydrogens (tertiary/aromatic N) is 1. The third kappa shape index (κ3) is 2.65. The van der Waals surface area contributed by atoms with Crippen molar-refractivity contribution in [2.75, 3.05) is 7.11 Å². The van der Waals surface area contributed by atoms with Gasteiger partial charge in [-0.25, -0.2) is 0 Å². The first-order chi connectivity index (χ1) is 10.7. The minimum absolute atomic E-state index is 0.160. The van der Waals surface area contributed by atoms with E-state index in [1.807, 2.05) is 48.5 Å². The molecule has 3 aromatic rings. The van der Waals surface area contributed by atoms with Crippen LogP contribution >= 0.6 is 15.9 Å². The molecule has 0 aliphatic carbocycles. The summed E-state index contributed by atoms with van der Waals surface area (Å²) in [5, 5.41) is 13.9. The van der Waals surface area contributed by atoms with Crippen LogP contribution < -0.4 is 4.74 Å². The van der Waals surface area contributed by atoms with Crippen LogP contribution in [0.2, 0.25) is 0 Å². The van der Waals surface area contributed by atoms with Gasteiger partial charge in [0.15, 0.2) is 5.76 Å². The Labute approximate surface area is 136 Å². The van der Waals surface area contributed by atoms with Gasteiger partial charge in [0.1, 0.15) is 11.4 Å². The fourth-order valence-electron chi connectivity index (χ4n) is 2.31. The van der Waals surface area contributed by atoms with Crippen molar-refractivity contribution in [3.05, 3.63) is 58.6 Å². The number of aliphatic hydroxyl groups excluding tert-OH is 1. The standard InChI is InChI=1S/C17H14BrNO3/c1-21-12-6-4-5-11(9-12)16-14(10-20)17(22-19-16)13-7-2-3-8-15(13)18/h2-9,20H,10H2,1H3. The molecule has 112 valence electrons. The molecule has 0 aliphatic heterocycles. The average Bonchev–Trinajstić information content (AvgIpc) is 2.99. The Morgan fingerprint density at radius 3 is 2.73 bits per heavy atom. The monoisotopic (exact) mass is 359 g/mol. The molecule has 0 amide bonds. The fourth-order valence-corrected chi connectivity index (χ4v) is 2.77. The fraction of sp³-hybridized carbons (Fsp3) is 0.118. The molecule has 0 spiro atoms. The van der Waals surface area contributed by atoms with Crippen molar-refractivity contribution in [3.8, 4) is 28.3 Å². The number of rotatable bonds is 4. The van der Waals surface area contributed by atoms with Gasteiger partial charge in [-0.15, -0.1) is 0 Å².